The molecule has 0 spiro atoms. The number of benzene rings is 2. The molecule has 23 heavy (non-hydrogen) atoms. The SMILES string of the molecule is COCCOc1ccc(NC(=O)CCc2cccc(N)c2)cc1. The van der Waals surface area contributed by atoms with Gasteiger partial charge in [0, 0.05) is 24.9 Å². The minimum absolute atomic E-state index is 0.0273. The molecule has 2 aromatic rings. The van der Waals surface area contributed by atoms with Crippen LogP contribution in [0.1, 0.15) is 12.0 Å². The van der Waals surface area contributed by atoms with Crippen molar-refractivity contribution in [1.82, 2.24) is 0 Å². The number of rotatable bonds is 8. The topological polar surface area (TPSA) is 73.6 Å². The van der Waals surface area contributed by atoms with Crippen molar-refractivity contribution in [3.05, 3.63) is 54.1 Å². The second kappa shape index (κ2) is 8.80. The summed E-state index contributed by atoms with van der Waals surface area (Å²) in [7, 11) is 1.63. The average molecular weight is 314 g/mol. The highest BCUT2D eigenvalue weighted by Gasteiger charge is 2.04. The van der Waals surface area contributed by atoms with Gasteiger partial charge in [-0.05, 0) is 48.4 Å². The van der Waals surface area contributed by atoms with Crippen molar-refractivity contribution in [2.45, 2.75) is 12.8 Å². The predicted molar refractivity (Wildman–Crippen MR) is 91.6 cm³/mol. The molecule has 0 aliphatic rings. The second-order valence-corrected chi connectivity index (χ2v) is 5.16. The molecular formula is C18H22N2O3. The van der Waals surface area contributed by atoms with Gasteiger partial charge < -0.3 is 20.5 Å². The molecule has 0 aliphatic carbocycles. The fourth-order valence-electron chi connectivity index (χ4n) is 2.11. The summed E-state index contributed by atoms with van der Waals surface area (Å²) in [5.41, 5.74) is 8.25. The molecule has 0 heterocycles. The zero-order valence-electron chi connectivity index (χ0n) is 13.2. The van der Waals surface area contributed by atoms with E-state index in [4.69, 9.17) is 15.2 Å². The largest absolute Gasteiger partial charge is 0.491 e. The van der Waals surface area contributed by atoms with Crippen molar-refractivity contribution in [2.24, 2.45) is 0 Å². The monoisotopic (exact) mass is 314 g/mol. The molecule has 2 aromatic carbocycles. The van der Waals surface area contributed by atoms with Crippen molar-refractivity contribution >= 4 is 17.3 Å². The Morgan fingerprint density at radius 2 is 1.91 bits per heavy atom. The number of carbonyl (C=O) groups is 1. The third-order valence-electron chi connectivity index (χ3n) is 3.29. The Kier molecular flexibility index (Phi) is 6.44. The van der Waals surface area contributed by atoms with Gasteiger partial charge in [-0.2, -0.15) is 0 Å². The zero-order valence-corrected chi connectivity index (χ0v) is 13.2. The molecule has 0 saturated heterocycles. The molecular weight excluding hydrogens is 292 g/mol. The van der Waals surface area contributed by atoms with E-state index in [1.54, 1.807) is 7.11 Å². The summed E-state index contributed by atoms with van der Waals surface area (Å²) in [5.74, 6) is 0.722. The van der Waals surface area contributed by atoms with Gasteiger partial charge in [0.25, 0.3) is 0 Å². The molecule has 2 rings (SSSR count). The van der Waals surface area contributed by atoms with Crippen LogP contribution in [0, 0.1) is 0 Å². The lowest BCUT2D eigenvalue weighted by atomic mass is 10.1. The van der Waals surface area contributed by atoms with Crippen LogP contribution in [0.15, 0.2) is 48.5 Å². The highest BCUT2D eigenvalue weighted by Crippen LogP contribution is 2.16. The Morgan fingerprint density at radius 3 is 2.61 bits per heavy atom. The van der Waals surface area contributed by atoms with Crippen molar-refractivity contribution < 1.29 is 14.3 Å². The van der Waals surface area contributed by atoms with Crippen LogP contribution >= 0.6 is 0 Å². The number of aryl methyl sites for hydroxylation is 1. The Bertz CT molecular complexity index is 626. The molecule has 0 aliphatic heterocycles. The van der Waals surface area contributed by atoms with Crippen molar-refractivity contribution in [2.75, 3.05) is 31.4 Å². The number of nitrogens with two attached hydrogens (primary N) is 1. The van der Waals surface area contributed by atoms with Crippen LogP contribution in [0.4, 0.5) is 11.4 Å². The fraction of sp³-hybridized carbons (Fsp3) is 0.278. The van der Waals surface area contributed by atoms with E-state index < -0.39 is 0 Å². The number of amides is 1. The van der Waals surface area contributed by atoms with E-state index in [1.165, 1.54) is 0 Å². The normalized spacial score (nSPS) is 10.3. The molecule has 5 nitrogen and oxygen atoms in total. The molecule has 0 atom stereocenters. The summed E-state index contributed by atoms with van der Waals surface area (Å²) >= 11 is 0. The summed E-state index contributed by atoms with van der Waals surface area (Å²) in [6.45, 7) is 1.05. The van der Waals surface area contributed by atoms with E-state index in [0.717, 1.165) is 17.0 Å². The summed E-state index contributed by atoms with van der Waals surface area (Å²) < 4.78 is 10.4. The van der Waals surface area contributed by atoms with Crippen molar-refractivity contribution in [3.8, 4) is 5.75 Å². The Balaban J connectivity index is 1.78. The van der Waals surface area contributed by atoms with Crippen LogP contribution < -0.4 is 15.8 Å². The van der Waals surface area contributed by atoms with E-state index in [0.29, 0.717) is 31.7 Å². The first-order chi connectivity index (χ1) is 11.2. The maximum Gasteiger partial charge on any atom is 0.224 e. The molecule has 5 heteroatoms. The molecule has 0 bridgehead atoms. The number of ether oxygens (including phenoxy) is 2. The van der Waals surface area contributed by atoms with Crippen LogP contribution in [0.2, 0.25) is 0 Å². The van der Waals surface area contributed by atoms with E-state index in [2.05, 4.69) is 5.32 Å². The molecule has 0 unspecified atom stereocenters. The minimum Gasteiger partial charge on any atom is -0.491 e. The summed E-state index contributed by atoms with van der Waals surface area (Å²) in [5, 5.41) is 2.87. The first-order valence-corrected chi connectivity index (χ1v) is 7.53. The Morgan fingerprint density at radius 1 is 1.13 bits per heavy atom. The van der Waals surface area contributed by atoms with E-state index in [9.17, 15) is 4.79 Å². The van der Waals surface area contributed by atoms with Crippen LogP contribution in [0.25, 0.3) is 0 Å². The number of nitrogens with one attached hydrogen (secondary N) is 1. The number of hydrogen-bond donors (Lipinski definition) is 2. The lowest BCUT2D eigenvalue weighted by Crippen LogP contribution is -2.12. The Labute approximate surface area is 136 Å². The standard InChI is InChI=1S/C18H22N2O3/c1-22-11-12-23-17-8-6-16(7-9-17)20-18(21)10-5-14-3-2-4-15(19)13-14/h2-4,6-9,13H,5,10-12,19H2,1H3,(H,20,21). The third-order valence-corrected chi connectivity index (χ3v) is 3.29. The molecule has 0 radical (unpaired) electrons. The highest BCUT2D eigenvalue weighted by molar-refractivity contribution is 5.90. The smallest absolute Gasteiger partial charge is 0.224 e. The van der Waals surface area contributed by atoms with Crippen molar-refractivity contribution in [3.63, 3.8) is 0 Å². The predicted octanol–water partition coefficient (Wildman–Crippen LogP) is 2.87. The lowest BCUT2D eigenvalue weighted by Gasteiger charge is -2.08. The van der Waals surface area contributed by atoms with Gasteiger partial charge in [-0.25, -0.2) is 0 Å². The number of nitrogen functional groups attached to an aromatic ring is 1. The maximum absolute atomic E-state index is 12.0. The number of methoxy groups -OCH3 is 1. The van der Waals surface area contributed by atoms with Crippen LogP contribution in [-0.2, 0) is 16.0 Å². The van der Waals surface area contributed by atoms with Gasteiger partial charge in [-0.15, -0.1) is 0 Å². The van der Waals surface area contributed by atoms with E-state index in [1.807, 2.05) is 48.5 Å². The molecule has 0 saturated carbocycles. The molecule has 1 amide bonds. The lowest BCUT2D eigenvalue weighted by molar-refractivity contribution is -0.116. The van der Waals surface area contributed by atoms with Gasteiger partial charge in [0.15, 0.2) is 0 Å². The molecule has 0 fully saturated rings. The maximum atomic E-state index is 12.0. The second-order valence-electron chi connectivity index (χ2n) is 5.16. The molecule has 122 valence electrons. The zero-order chi connectivity index (χ0) is 16.5. The first kappa shape index (κ1) is 16.8. The van der Waals surface area contributed by atoms with E-state index in [-0.39, 0.29) is 5.91 Å². The van der Waals surface area contributed by atoms with Gasteiger partial charge in [0.1, 0.15) is 12.4 Å². The van der Waals surface area contributed by atoms with Crippen LogP contribution in [0.3, 0.4) is 0 Å². The average Bonchev–Trinajstić information content (AvgIpc) is 2.55. The first-order valence-electron chi connectivity index (χ1n) is 7.53. The van der Waals surface area contributed by atoms with Gasteiger partial charge >= 0.3 is 0 Å². The van der Waals surface area contributed by atoms with Crippen LogP contribution in [-0.4, -0.2) is 26.2 Å². The fourth-order valence-corrected chi connectivity index (χ4v) is 2.11. The number of carbonyl (C=O) groups excluding carboxylic acids is 1. The Hall–Kier alpha value is -2.53. The molecule has 0 aromatic heterocycles. The number of hydrogen-bond acceptors (Lipinski definition) is 4. The van der Waals surface area contributed by atoms with Crippen LogP contribution in [0.5, 0.6) is 5.75 Å². The van der Waals surface area contributed by atoms with Gasteiger partial charge in [0.2, 0.25) is 5.91 Å². The molecule has 3 N–H and O–H groups in total. The highest BCUT2D eigenvalue weighted by atomic mass is 16.5. The summed E-state index contributed by atoms with van der Waals surface area (Å²) in [6.07, 6.45) is 1.07. The van der Waals surface area contributed by atoms with E-state index >= 15 is 0 Å². The quantitative estimate of drug-likeness (QED) is 0.580. The number of anilines is 2. The van der Waals surface area contributed by atoms with Crippen molar-refractivity contribution in [1.29, 1.82) is 0 Å². The minimum atomic E-state index is -0.0273. The van der Waals surface area contributed by atoms with Gasteiger partial charge in [0.05, 0.1) is 6.61 Å². The summed E-state index contributed by atoms with van der Waals surface area (Å²) in [4.78, 5) is 12.0. The van der Waals surface area contributed by atoms with Gasteiger partial charge in [-0.3, -0.25) is 4.79 Å². The summed E-state index contributed by atoms with van der Waals surface area (Å²) in [6, 6.07) is 14.9. The third kappa shape index (κ3) is 6.00. The van der Waals surface area contributed by atoms with Gasteiger partial charge in [-0.1, -0.05) is 12.1 Å².